The third-order valence-corrected chi connectivity index (χ3v) is 8.91. The molecule has 2 fully saturated rings. The maximum absolute atomic E-state index is 5.71. The highest BCUT2D eigenvalue weighted by molar-refractivity contribution is 5.22. The standard InChI is InChI=1S/C32H50O/c1-4-7-24-33-26-29-13-11-28(12-14-29)25-30(6-3)31-17-15-27(16-18-31)19-23-32(20-5-2)21-9-8-10-22-32/h4-5,11-14,27,30-31H,1-2,6-10,15-26H2,3H3. The first-order valence-electron chi connectivity index (χ1n) is 14.1. The number of ether oxygens (including phenoxy) is 1. The Bertz CT molecular complexity index is 673. The van der Waals surface area contributed by atoms with E-state index in [1.807, 2.05) is 6.08 Å². The Morgan fingerprint density at radius 3 is 2.30 bits per heavy atom. The molecule has 0 heterocycles. The summed E-state index contributed by atoms with van der Waals surface area (Å²) in [5.74, 6) is 2.74. The zero-order valence-electron chi connectivity index (χ0n) is 21.5. The van der Waals surface area contributed by atoms with E-state index < -0.39 is 0 Å². The molecule has 1 unspecified atom stereocenters. The summed E-state index contributed by atoms with van der Waals surface area (Å²) < 4.78 is 5.71. The van der Waals surface area contributed by atoms with Crippen LogP contribution in [-0.2, 0) is 17.8 Å². The Balaban J connectivity index is 1.42. The van der Waals surface area contributed by atoms with Gasteiger partial charge in [0.25, 0.3) is 0 Å². The van der Waals surface area contributed by atoms with Gasteiger partial charge in [-0.15, -0.1) is 13.2 Å². The van der Waals surface area contributed by atoms with E-state index in [1.54, 1.807) is 0 Å². The van der Waals surface area contributed by atoms with Crippen molar-refractivity contribution in [3.05, 3.63) is 60.7 Å². The smallest absolute Gasteiger partial charge is 0.0717 e. The van der Waals surface area contributed by atoms with E-state index in [2.05, 4.69) is 50.4 Å². The zero-order chi connectivity index (χ0) is 23.4. The van der Waals surface area contributed by atoms with Crippen molar-refractivity contribution in [3.63, 3.8) is 0 Å². The molecule has 0 bridgehead atoms. The quantitative estimate of drug-likeness (QED) is 0.202. The van der Waals surface area contributed by atoms with Crippen LogP contribution in [0.1, 0.15) is 108 Å². The SMILES string of the molecule is C=CCCOCc1ccc(CC(CC)C2CCC(CCC3(CC=C)CCCCC3)CC2)cc1. The van der Waals surface area contributed by atoms with Crippen molar-refractivity contribution in [1.29, 1.82) is 0 Å². The fourth-order valence-electron chi connectivity index (χ4n) is 6.70. The first-order chi connectivity index (χ1) is 16.2. The Labute approximate surface area is 205 Å². The zero-order valence-corrected chi connectivity index (χ0v) is 21.5. The molecule has 0 saturated heterocycles. The van der Waals surface area contributed by atoms with Gasteiger partial charge in [-0.25, -0.2) is 0 Å². The van der Waals surface area contributed by atoms with E-state index in [9.17, 15) is 0 Å². The van der Waals surface area contributed by atoms with Crippen LogP contribution < -0.4 is 0 Å². The van der Waals surface area contributed by atoms with Gasteiger partial charge < -0.3 is 4.74 Å². The van der Waals surface area contributed by atoms with Crippen molar-refractivity contribution in [2.75, 3.05) is 6.61 Å². The highest BCUT2D eigenvalue weighted by Gasteiger charge is 2.33. The Hall–Kier alpha value is -1.34. The number of benzene rings is 1. The van der Waals surface area contributed by atoms with Gasteiger partial charge in [-0.05, 0) is 92.1 Å². The lowest BCUT2D eigenvalue weighted by Gasteiger charge is -2.39. The minimum atomic E-state index is 0.603. The van der Waals surface area contributed by atoms with Crippen LogP contribution in [0.2, 0.25) is 0 Å². The molecule has 0 aromatic heterocycles. The van der Waals surface area contributed by atoms with E-state index in [4.69, 9.17) is 4.74 Å². The van der Waals surface area contributed by atoms with E-state index >= 15 is 0 Å². The molecule has 2 aliphatic carbocycles. The molecule has 0 N–H and O–H groups in total. The normalized spacial score (nSPS) is 23.7. The van der Waals surface area contributed by atoms with Crippen LogP contribution in [0.15, 0.2) is 49.6 Å². The van der Waals surface area contributed by atoms with Crippen LogP contribution in [0.4, 0.5) is 0 Å². The molecule has 1 atom stereocenters. The molecule has 3 rings (SSSR count). The molecule has 1 aromatic carbocycles. The number of allylic oxidation sites excluding steroid dienone is 1. The maximum atomic E-state index is 5.71. The van der Waals surface area contributed by atoms with Crippen LogP contribution in [0.25, 0.3) is 0 Å². The van der Waals surface area contributed by atoms with Gasteiger partial charge in [0.1, 0.15) is 0 Å². The summed E-state index contributed by atoms with van der Waals surface area (Å²) >= 11 is 0. The molecule has 0 spiro atoms. The van der Waals surface area contributed by atoms with Gasteiger partial charge >= 0.3 is 0 Å². The fraction of sp³-hybridized carbons (Fsp3) is 0.688. The van der Waals surface area contributed by atoms with Crippen LogP contribution >= 0.6 is 0 Å². The van der Waals surface area contributed by atoms with Gasteiger partial charge in [-0.1, -0.05) is 81.9 Å². The van der Waals surface area contributed by atoms with E-state index in [0.29, 0.717) is 12.0 Å². The summed E-state index contributed by atoms with van der Waals surface area (Å²) in [6.07, 6.45) is 24.8. The van der Waals surface area contributed by atoms with Crippen molar-refractivity contribution in [1.82, 2.24) is 0 Å². The van der Waals surface area contributed by atoms with Gasteiger partial charge in [-0.3, -0.25) is 0 Å². The van der Waals surface area contributed by atoms with Crippen LogP contribution in [0.3, 0.4) is 0 Å². The summed E-state index contributed by atoms with van der Waals surface area (Å²) in [5, 5.41) is 0. The summed E-state index contributed by atoms with van der Waals surface area (Å²) in [7, 11) is 0. The largest absolute Gasteiger partial charge is 0.376 e. The highest BCUT2D eigenvalue weighted by Crippen LogP contribution is 2.46. The lowest BCUT2D eigenvalue weighted by molar-refractivity contribution is 0.125. The predicted molar refractivity (Wildman–Crippen MR) is 143 cm³/mol. The molecule has 0 aliphatic heterocycles. The van der Waals surface area contributed by atoms with Crippen molar-refractivity contribution in [2.24, 2.45) is 23.2 Å². The second-order valence-corrected chi connectivity index (χ2v) is 11.2. The highest BCUT2D eigenvalue weighted by atomic mass is 16.5. The van der Waals surface area contributed by atoms with Gasteiger partial charge in [0, 0.05) is 0 Å². The van der Waals surface area contributed by atoms with E-state index in [0.717, 1.165) is 30.8 Å². The van der Waals surface area contributed by atoms with Gasteiger partial charge in [-0.2, -0.15) is 0 Å². The Morgan fingerprint density at radius 1 is 0.970 bits per heavy atom. The molecule has 1 nitrogen and oxygen atoms in total. The van der Waals surface area contributed by atoms with Crippen LogP contribution in [0.5, 0.6) is 0 Å². The monoisotopic (exact) mass is 450 g/mol. The third-order valence-electron chi connectivity index (χ3n) is 8.91. The molecule has 2 saturated carbocycles. The molecule has 33 heavy (non-hydrogen) atoms. The summed E-state index contributed by atoms with van der Waals surface area (Å²) in [6, 6.07) is 9.20. The fourth-order valence-corrected chi connectivity index (χ4v) is 6.70. The molecule has 2 aliphatic rings. The van der Waals surface area contributed by atoms with E-state index in [-0.39, 0.29) is 0 Å². The second-order valence-electron chi connectivity index (χ2n) is 11.2. The molecular weight excluding hydrogens is 400 g/mol. The number of rotatable bonds is 14. The van der Waals surface area contributed by atoms with Gasteiger partial charge in [0.05, 0.1) is 13.2 Å². The molecule has 1 aromatic rings. The van der Waals surface area contributed by atoms with Crippen molar-refractivity contribution in [2.45, 2.75) is 110 Å². The van der Waals surface area contributed by atoms with Gasteiger partial charge in [0.15, 0.2) is 0 Å². The predicted octanol–water partition coefficient (Wildman–Crippen LogP) is 9.46. The molecule has 0 amide bonds. The van der Waals surface area contributed by atoms with Crippen LogP contribution in [-0.4, -0.2) is 6.61 Å². The van der Waals surface area contributed by atoms with Crippen molar-refractivity contribution < 1.29 is 4.74 Å². The van der Waals surface area contributed by atoms with Crippen LogP contribution in [0, 0.1) is 23.2 Å². The molecule has 184 valence electrons. The van der Waals surface area contributed by atoms with E-state index in [1.165, 1.54) is 101 Å². The molecule has 0 radical (unpaired) electrons. The maximum Gasteiger partial charge on any atom is 0.0717 e. The first kappa shape index (κ1) is 26.3. The molecule has 1 heteroatoms. The average Bonchev–Trinajstić information content (AvgIpc) is 2.86. The lowest BCUT2D eigenvalue weighted by atomic mass is 9.66. The topological polar surface area (TPSA) is 9.23 Å². The summed E-state index contributed by atoms with van der Waals surface area (Å²) in [5.41, 5.74) is 3.39. The minimum Gasteiger partial charge on any atom is -0.376 e. The van der Waals surface area contributed by atoms with Crippen molar-refractivity contribution >= 4 is 0 Å². The average molecular weight is 451 g/mol. The Morgan fingerprint density at radius 2 is 1.67 bits per heavy atom. The van der Waals surface area contributed by atoms with Gasteiger partial charge in [0.2, 0.25) is 0 Å². The minimum absolute atomic E-state index is 0.603. The number of hydrogen-bond acceptors (Lipinski definition) is 1. The third kappa shape index (κ3) is 8.43. The number of hydrogen-bond donors (Lipinski definition) is 0. The molecular formula is C32H50O. The second kappa shape index (κ2) is 14.1. The first-order valence-corrected chi connectivity index (χ1v) is 14.1. The summed E-state index contributed by atoms with van der Waals surface area (Å²) in [6.45, 7) is 11.7. The van der Waals surface area contributed by atoms with Crippen molar-refractivity contribution in [3.8, 4) is 0 Å². The lowest BCUT2D eigenvalue weighted by Crippen LogP contribution is -2.27. The summed E-state index contributed by atoms with van der Waals surface area (Å²) in [4.78, 5) is 0. The Kier molecular flexibility index (Phi) is 11.3.